The van der Waals surface area contributed by atoms with Gasteiger partial charge in [0.1, 0.15) is 12.7 Å². The van der Waals surface area contributed by atoms with Gasteiger partial charge in [-0.05, 0) is 24.3 Å². The lowest BCUT2D eigenvalue weighted by molar-refractivity contribution is -0.125. The lowest BCUT2D eigenvalue weighted by atomic mass is 10.2. The van der Waals surface area contributed by atoms with Gasteiger partial charge in [-0.3, -0.25) is 14.5 Å². The van der Waals surface area contributed by atoms with Crippen molar-refractivity contribution in [3.05, 3.63) is 35.9 Å². The molecular formula is C19H21N3O5S. The Labute approximate surface area is 166 Å². The number of carbonyl (C=O) groups is 3. The van der Waals surface area contributed by atoms with E-state index >= 15 is 0 Å². The van der Waals surface area contributed by atoms with Crippen molar-refractivity contribution < 1.29 is 23.9 Å². The summed E-state index contributed by atoms with van der Waals surface area (Å²) in [7, 11) is 0. The quantitative estimate of drug-likeness (QED) is 0.794. The van der Waals surface area contributed by atoms with Gasteiger partial charge in [0.15, 0.2) is 0 Å². The van der Waals surface area contributed by atoms with Crippen molar-refractivity contribution in [2.75, 3.05) is 54.2 Å². The Morgan fingerprint density at radius 2 is 1.93 bits per heavy atom. The molecule has 8 nitrogen and oxygen atoms in total. The third-order valence-corrected chi connectivity index (χ3v) is 5.74. The minimum atomic E-state index is -0.440. The molecule has 1 aromatic carbocycles. The normalized spacial score (nSPS) is 22.3. The zero-order valence-corrected chi connectivity index (χ0v) is 16.1. The van der Waals surface area contributed by atoms with Crippen LogP contribution in [0.25, 0.3) is 0 Å². The Morgan fingerprint density at radius 3 is 2.61 bits per heavy atom. The van der Waals surface area contributed by atoms with E-state index in [2.05, 4.69) is 5.32 Å². The number of nitrogens with zero attached hydrogens (tertiary/aromatic N) is 2. The Hall–Kier alpha value is -2.52. The lowest BCUT2D eigenvalue weighted by Gasteiger charge is -2.27. The molecule has 0 bridgehead atoms. The zero-order chi connectivity index (χ0) is 19.5. The first-order valence-electron chi connectivity index (χ1n) is 9.13. The average molecular weight is 403 g/mol. The average Bonchev–Trinajstić information content (AvgIpc) is 3.37. The van der Waals surface area contributed by atoms with Gasteiger partial charge < -0.3 is 19.7 Å². The summed E-state index contributed by atoms with van der Waals surface area (Å²) in [6, 6.07) is 7.21. The van der Waals surface area contributed by atoms with Crippen molar-refractivity contribution in [3.63, 3.8) is 0 Å². The van der Waals surface area contributed by atoms with Crippen LogP contribution >= 0.6 is 11.8 Å². The molecule has 3 amide bonds. The van der Waals surface area contributed by atoms with Crippen LogP contribution in [0, 0.1) is 0 Å². The monoisotopic (exact) mass is 403 g/mol. The Balaban J connectivity index is 1.34. The number of hydrogen-bond acceptors (Lipinski definition) is 6. The summed E-state index contributed by atoms with van der Waals surface area (Å²) >= 11 is 1.70. The number of hydrogen-bond donors (Lipinski definition) is 1. The highest BCUT2D eigenvalue weighted by molar-refractivity contribution is 7.99. The molecule has 28 heavy (non-hydrogen) atoms. The second-order valence-corrected chi connectivity index (χ2v) is 7.72. The predicted octanol–water partition coefficient (Wildman–Crippen LogP) is 1.16. The van der Waals surface area contributed by atoms with Gasteiger partial charge in [0, 0.05) is 35.0 Å². The maximum atomic E-state index is 12.2. The Bertz CT molecular complexity index is 810. The van der Waals surface area contributed by atoms with Crippen LogP contribution in [-0.4, -0.2) is 68.4 Å². The maximum Gasteiger partial charge on any atom is 0.414 e. The van der Waals surface area contributed by atoms with Crippen molar-refractivity contribution in [3.8, 4) is 0 Å². The molecule has 0 saturated carbocycles. The van der Waals surface area contributed by atoms with Crippen molar-refractivity contribution in [1.29, 1.82) is 0 Å². The summed E-state index contributed by atoms with van der Waals surface area (Å²) in [5.41, 5.74) is 2.24. The van der Waals surface area contributed by atoms with E-state index in [1.165, 1.54) is 4.90 Å². The molecule has 1 N–H and O–H groups in total. The van der Waals surface area contributed by atoms with Gasteiger partial charge in [0.2, 0.25) is 5.91 Å². The number of anilines is 2. The molecule has 148 valence electrons. The molecule has 2 saturated heterocycles. The predicted molar refractivity (Wildman–Crippen MR) is 106 cm³/mol. The van der Waals surface area contributed by atoms with E-state index in [1.807, 2.05) is 18.2 Å². The number of thioether (sulfide) groups is 1. The minimum absolute atomic E-state index is 0.0776. The van der Waals surface area contributed by atoms with Crippen molar-refractivity contribution in [2.24, 2.45) is 0 Å². The fourth-order valence-electron chi connectivity index (χ4n) is 3.31. The highest BCUT2D eigenvalue weighted by Gasteiger charge is 2.33. The molecule has 1 atom stereocenters. The van der Waals surface area contributed by atoms with Gasteiger partial charge in [-0.1, -0.05) is 6.08 Å². The molecule has 0 radical (unpaired) electrons. The van der Waals surface area contributed by atoms with Crippen molar-refractivity contribution >= 4 is 41.0 Å². The zero-order valence-electron chi connectivity index (χ0n) is 15.3. The number of amides is 3. The molecule has 3 heterocycles. The largest absolute Gasteiger partial charge is 0.442 e. The fraction of sp³-hybridized carbons (Fsp3) is 0.421. The number of carbonyl (C=O) groups excluding carboxylic acids is 3. The molecule has 4 rings (SSSR count). The van der Waals surface area contributed by atoms with E-state index < -0.39 is 12.2 Å². The summed E-state index contributed by atoms with van der Waals surface area (Å²) in [6.07, 6.45) is 1.09. The molecule has 9 heteroatoms. The van der Waals surface area contributed by atoms with Crippen LogP contribution in [0.1, 0.15) is 0 Å². The molecule has 0 spiro atoms. The lowest BCUT2D eigenvalue weighted by Crippen LogP contribution is -2.41. The van der Waals surface area contributed by atoms with E-state index in [1.54, 1.807) is 28.8 Å². The fourth-order valence-corrected chi connectivity index (χ4v) is 4.21. The van der Waals surface area contributed by atoms with E-state index in [0.717, 1.165) is 22.8 Å². The molecule has 3 aliphatic rings. The summed E-state index contributed by atoms with van der Waals surface area (Å²) in [4.78, 5) is 39.4. The molecule has 1 unspecified atom stereocenters. The summed E-state index contributed by atoms with van der Waals surface area (Å²) in [5, 5.41) is 2.84. The van der Waals surface area contributed by atoms with Crippen LogP contribution in [0.2, 0.25) is 0 Å². The Morgan fingerprint density at radius 1 is 1.18 bits per heavy atom. The Kier molecular flexibility index (Phi) is 5.54. The standard InChI is InChI=1S/C19H21N3O5S/c23-17-11-26-7-6-21(17)14-1-3-15(4-2-14)22-10-16(27-19(22)25)9-20-18(24)13-5-8-28-12-13/h1-5,16H,6-12H2,(H,20,24). The van der Waals surface area contributed by atoms with E-state index in [-0.39, 0.29) is 25.0 Å². The number of rotatable bonds is 5. The van der Waals surface area contributed by atoms with Gasteiger partial charge in [0.25, 0.3) is 5.91 Å². The summed E-state index contributed by atoms with van der Waals surface area (Å²) in [6.45, 7) is 1.75. The first-order valence-corrected chi connectivity index (χ1v) is 10.3. The van der Waals surface area contributed by atoms with Gasteiger partial charge in [-0.2, -0.15) is 11.8 Å². The van der Waals surface area contributed by atoms with E-state index in [0.29, 0.717) is 25.4 Å². The first-order chi connectivity index (χ1) is 13.6. The molecule has 1 aromatic rings. The second kappa shape index (κ2) is 8.24. The molecule has 3 aliphatic heterocycles. The van der Waals surface area contributed by atoms with Gasteiger partial charge in [-0.25, -0.2) is 4.79 Å². The molecular weight excluding hydrogens is 382 g/mol. The number of morpholine rings is 1. The van der Waals surface area contributed by atoms with Crippen LogP contribution in [0.3, 0.4) is 0 Å². The highest BCUT2D eigenvalue weighted by Crippen LogP contribution is 2.25. The summed E-state index contributed by atoms with van der Waals surface area (Å²) < 4.78 is 10.5. The van der Waals surface area contributed by atoms with Gasteiger partial charge >= 0.3 is 6.09 Å². The van der Waals surface area contributed by atoms with Crippen LogP contribution in [-0.2, 0) is 19.1 Å². The van der Waals surface area contributed by atoms with E-state index in [9.17, 15) is 14.4 Å². The highest BCUT2D eigenvalue weighted by atomic mass is 32.2. The number of cyclic esters (lactones) is 1. The second-order valence-electron chi connectivity index (χ2n) is 6.69. The van der Waals surface area contributed by atoms with Gasteiger partial charge in [-0.15, -0.1) is 0 Å². The van der Waals surface area contributed by atoms with Crippen LogP contribution in [0.15, 0.2) is 35.9 Å². The van der Waals surface area contributed by atoms with Gasteiger partial charge in [0.05, 0.1) is 19.7 Å². The smallest absolute Gasteiger partial charge is 0.414 e. The minimum Gasteiger partial charge on any atom is -0.442 e. The van der Waals surface area contributed by atoms with E-state index in [4.69, 9.17) is 9.47 Å². The molecule has 0 aromatic heterocycles. The van der Waals surface area contributed by atoms with Crippen molar-refractivity contribution in [1.82, 2.24) is 5.32 Å². The molecule has 2 fully saturated rings. The molecule has 0 aliphatic carbocycles. The first kappa shape index (κ1) is 18.8. The van der Waals surface area contributed by atoms with Crippen LogP contribution in [0.4, 0.5) is 16.2 Å². The van der Waals surface area contributed by atoms with Crippen LogP contribution in [0.5, 0.6) is 0 Å². The SMILES string of the molecule is O=C(NCC1CN(c2ccc(N3CCOCC3=O)cc2)C(=O)O1)C1=CCSC1. The van der Waals surface area contributed by atoms with Crippen LogP contribution < -0.4 is 15.1 Å². The maximum absolute atomic E-state index is 12.2. The number of nitrogens with one attached hydrogen (secondary N) is 1. The summed E-state index contributed by atoms with van der Waals surface area (Å²) in [5.74, 6) is 1.41. The number of ether oxygens (including phenoxy) is 2. The third kappa shape index (κ3) is 4.00. The van der Waals surface area contributed by atoms with Crippen molar-refractivity contribution in [2.45, 2.75) is 6.10 Å². The topological polar surface area (TPSA) is 88.2 Å². The third-order valence-electron chi connectivity index (χ3n) is 4.82. The number of benzene rings is 1.